The summed E-state index contributed by atoms with van der Waals surface area (Å²) in [5.74, 6) is -0.664. The number of carbonyl (C=O) groups excluding carboxylic acids is 1. The van der Waals surface area contributed by atoms with Gasteiger partial charge in [-0.15, -0.1) is 0 Å². The van der Waals surface area contributed by atoms with E-state index in [2.05, 4.69) is 0 Å². The average Bonchev–Trinajstić information content (AvgIpc) is 2.99. The summed E-state index contributed by atoms with van der Waals surface area (Å²) >= 11 is 6.23. The van der Waals surface area contributed by atoms with Crippen molar-refractivity contribution in [2.24, 2.45) is 0 Å². The minimum absolute atomic E-state index is 0.119. The highest BCUT2D eigenvalue weighted by atomic mass is 35.5. The molecule has 25 heavy (non-hydrogen) atoms. The van der Waals surface area contributed by atoms with Crippen LogP contribution in [0.25, 0.3) is 0 Å². The number of nitrogens with zero attached hydrogens (tertiary/aromatic N) is 2. The van der Waals surface area contributed by atoms with Crippen LogP contribution in [0.3, 0.4) is 0 Å². The van der Waals surface area contributed by atoms with Crippen LogP contribution in [0.15, 0.2) is 48.5 Å². The van der Waals surface area contributed by atoms with Gasteiger partial charge in [-0.3, -0.25) is 9.80 Å². The van der Waals surface area contributed by atoms with Crippen LogP contribution in [0.5, 0.6) is 0 Å². The standard InChI is InChI=1S/C17H14ClFN2O3S/c18-13-3-1-2-4-14(13)21-16-10-25(23,24)9-15(16)20(17(21)22)12-7-5-11(19)6-8-12/h1-8,15-16H,9-10H2/t15-,16-/m0/s1. The third-order valence-corrected chi connectivity index (χ3v) is 6.60. The third-order valence-electron chi connectivity index (χ3n) is 4.59. The average molecular weight is 381 g/mol. The minimum Gasteiger partial charge on any atom is -0.288 e. The Kier molecular flexibility index (Phi) is 3.73. The number of fused-ring (bicyclic) bond motifs is 1. The highest BCUT2D eigenvalue weighted by Crippen LogP contribution is 2.40. The van der Waals surface area contributed by atoms with Gasteiger partial charge in [0.05, 0.1) is 34.3 Å². The van der Waals surface area contributed by atoms with Crippen LogP contribution in [-0.4, -0.2) is 38.0 Å². The molecule has 2 atom stereocenters. The Bertz CT molecular complexity index is 949. The lowest BCUT2D eigenvalue weighted by atomic mass is 10.1. The zero-order valence-electron chi connectivity index (χ0n) is 13.0. The van der Waals surface area contributed by atoms with Gasteiger partial charge in [0.1, 0.15) is 5.82 Å². The summed E-state index contributed by atoms with van der Waals surface area (Å²) in [7, 11) is -3.28. The molecule has 130 valence electrons. The number of urea groups is 1. The number of para-hydroxylation sites is 1. The van der Waals surface area contributed by atoms with Crippen LogP contribution in [0.1, 0.15) is 0 Å². The van der Waals surface area contributed by atoms with E-state index in [9.17, 15) is 17.6 Å². The number of carbonyl (C=O) groups is 1. The first-order valence-electron chi connectivity index (χ1n) is 7.70. The Balaban J connectivity index is 1.83. The maximum Gasteiger partial charge on any atom is 0.329 e. The van der Waals surface area contributed by atoms with Crippen molar-refractivity contribution < 1.29 is 17.6 Å². The van der Waals surface area contributed by atoms with Crippen LogP contribution in [0.4, 0.5) is 20.6 Å². The predicted molar refractivity (Wildman–Crippen MR) is 94.4 cm³/mol. The Labute approximate surface area is 149 Å². The van der Waals surface area contributed by atoms with Gasteiger partial charge in [-0.1, -0.05) is 23.7 Å². The second-order valence-corrected chi connectivity index (χ2v) is 8.72. The normalized spacial score (nSPS) is 24.6. The molecular weight excluding hydrogens is 367 g/mol. The number of halogens is 2. The van der Waals surface area contributed by atoms with Crippen molar-refractivity contribution in [3.05, 3.63) is 59.4 Å². The summed E-state index contributed by atoms with van der Waals surface area (Å²) in [6.07, 6.45) is 0. The molecule has 0 unspecified atom stereocenters. The molecule has 5 nitrogen and oxygen atoms in total. The molecule has 2 aromatic rings. The SMILES string of the molecule is O=C1N(c2ccc(F)cc2)[C@H]2CS(=O)(=O)C[C@@H]2N1c1ccccc1Cl. The second-order valence-electron chi connectivity index (χ2n) is 6.16. The van der Waals surface area contributed by atoms with Crippen molar-refractivity contribution in [3.63, 3.8) is 0 Å². The van der Waals surface area contributed by atoms with Gasteiger partial charge >= 0.3 is 6.03 Å². The van der Waals surface area contributed by atoms with Gasteiger partial charge in [-0.05, 0) is 36.4 Å². The lowest BCUT2D eigenvalue weighted by Crippen LogP contribution is -2.38. The first-order chi connectivity index (χ1) is 11.9. The molecule has 0 spiro atoms. The fourth-order valence-corrected chi connectivity index (χ4v) is 5.68. The molecule has 0 bridgehead atoms. The fraction of sp³-hybridized carbons (Fsp3) is 0.235. The molecule has 2 saturated heterocycles. The van der Waals surface area contributed by atoms with E-state index in [0.29, 0.717) is 16.4 Å². The molecule has 0 aliphatic carbocycles. The molecule has 2 aliphatic heterocycles. The van der Waals surface area contributed by atoms with E-state index in [1.807, 2.05) is 0 Å². The first-order valence-corrected chi connectivity index (χ1v) is 9.90. The molecule has 0 N–H and O–H groups in total. The molecule has 0 radical (unpaired) electrons. The van der Waals surface area contributed by atoms with Crippen LogP contribution < -0.4 is 9.80 Å². The summed E-state index contributed by atoms with van der Waals surface area (Å²) in [5, 5.41) is 0.375. The fourth-order valence-electron chi connectivity index (χ4n) is 3.54. The summed E-state index contributed by atoms with van der Waals surface area (Å²) in [6.45, 7) is 0. The number of hydrogen-bond donors (Lipinski definition) is 0. The van der Waals surface area contributed by atoms with Crippen LogP contribution in [-0.2, 0) is 9.84 Å². The summed E-state index contributed by atoms with van der Waals surface area (Å²) in [4.78, 5) is 15.9. The quantitative estimate of drug-likeness (QED) is 0.752. The molecule has 0 saturated carbocycles. The number of hydrogen-bond acceptors (Lipinski definition) is 3. The minimum atomic E-state index is -3.28. The molecule has 8 heteroatoms. The molecule has 2 fully saturated rings. The Morgan fingerprint density at radius 2 is 1.56 bits per heavy atom. The third kappa shape index (κ3) is 2.67. The van der Waals surface area contributed by atoms with Crippen molar-refractivity contribution in [3.8, 4) is 0 Å². The zero-order chi connectivity index (χ0) is 17.8. The molecule has 2 aromatic carbocycles. The van der Waals surface area contributed by atoms with E-state index in [1.54, 1.807) is 24.3 Å². The molecule has 2 aliphatic rings. The lowest BCUT2D eigenvalue weighted by molar-refractivity contribution is 0.255. The van der Waals surface area contributed by atoms with Crippen molar-refractivity contribution in [1.29, 1.82) is 0 Å². The summed E-state index contributed by atoms with van der Waals surface area (Å²) in [5.41, 5.74) is 0.943. The monoisotopic (exact) mass is 380 g/mol. The van der Waals surface area contributed by atoms with Crippen molar-refractivity contribution >= 4 is 38.8 Å². The number of sulfone groups is 1. The Hall–Kier alpha value is -2.12. The molecule has 2 amide bonds. The van der Waals surface area contributed by atoms with Crippen molar-refractivity contribution in [1.82, 2.24) is 0 Å². The number of benzene rings is 2. The largest absolute Gasteiger partial charge is 0.329 e. The van der Waals surface area contributed by atoms with Gasteiger partial charge in [-0.2, -0.15) is 0 Å². The van der Waals surface area contributed by atoms with Gasteiger partial charge < -0.3 is 0 Å². The van der Waals surface area contributed by atoms with E-state index >= 15 is 0 Å². The smallest absolute Gasteiger partial charge is 0.288 e. The zero-order valence-corrected chi connectivity index (χ0v) is 14.5. The van der Waals surface area contributed by atoms with Crippen molar-refractivity contribution in [2.45, 2.75) is 12.1 Å². The van der Waals surface area contributed by atoms with Gasteiger partial charge in [0, 0.05) is 5.69 Å². The maximum atomic E-state index is 13.2. The lowest BCUT2D eigenvalue weighted by Gasteiger charge is -2.23. The van der Waals surface area contributed by atoms with E-state index < -0.39 is 27.7 Å². The summed E-state index contributed by atoms with van der Waals surface area (Å²) in [6, 6.07) is 10.9. The molecule has 0 aromatic heterocycles. The first kappa shape index (κ1) is 16.4. The number of rotatable bonds is 2. The predicted octanol–water partition coefficient (Wildman–Crippen LogP) is 3.09. The van der Waals surface area contributed by atoms with Crippen LogP contribution in [0.2, 0.25) is 5.02 Å². The second kappa shape index (κ2) is 5.71. The highest BCUT2D eigenvalue weighted by Gasteiger charge is 2.54. The molecule has 2 heterocycles. The Morgan fingerprint density at radius 1 is 0.960 bits per heavy atom. The van der Waals surface area contributed by atoms with E-state index in [-0.39, 0.29) is 17.5 Å². The topological polar surface area (TPSA) is 57.7 Å². The van der Waals surface area contributed by atoms with Gasteiger partial charge in [-0.25, -0.2) is 17.6 Å². The number of amides is 2. The van der Waals surface area contributed by atoms with Crippen LogP contribution in [0, 0.1) is 5.82 Å². The van der Waals surface area contributed by atoms with Crippen molar-refractivity contribution in [2.75, 3.05) is 21.3 Å². The highest BCUT2D eigenvalue weighted by molar-refractivity contribution is 7.91. The molecule has 4 rings (SSSR count). The van der Waals surface area contributed by atoms with Gasteiger partial charge in [0.25, 0.3) is 0 Å². The summed E-state index contributed by atoms with van der Waals surface area (Å²) < 4.78 is 37.6. The molecular formula is C17H14ClFN2O3S. The van der Waals surface area contributed by atoms with E-state index in [0.717, 1.165) is 0 Å². The van der Waals surface area contributed by atoms with E-state index in [1.165, 1.54) is 34.1 Å². The maximum absolute atomic E-state index is 13.2. The van der Waals surface area contributed by atoms with Gasteiger partial charge in [0.15, 0.2) is 9.84 Å². The Morgan fingerprint density at radius 3 is 2.20 bits per heavy atom. The van der Waals surface area contributed by atoms with Gasteiger partial charge in [0.2, 0.25) is 0 Å². The number of anilines is 2. The van der Waals surface area contributed by atoms with Crippen LogP contribution >= 0.6 is 11.6 Å². The van der Waals surface area contributed by atoms with E-state index in [4.69, 9.17) is 11.6 Å².